The van der Waals surface area contributed by atoms with E-state index in [-0.39, 0.29) is 12.3 Å². The van der Waals surface area contributed by atoms with Crippen LogP contribution < -0.4 is 10.6 Å². The largest absolute Gasteiger partial charge is 0.481 e. The molecule has 1 aromatic rings. The van der Waals surface area contributed by atoms with Crippen LogP contribution in [0, 0.1) is 5.92 Å². The molecule has 0 spiro atoms. The molecule has 0 saturated carbocycles. The van der Waals surface area contributed by atoms with Gasteiger partial charge in [-0.05, 0) is 30.9 Å². The number of carbonyl (C=O) groups excluding carboxylic acids is 1. The molecule has 5 nitrogen and oxygen atoms in total. The summed E-state index contributed by atoms with van der Waals surface area (Å²) >= 11 is 0. The van der Waals surface area contributed by atoms with Gasteiger partial charge in [0.25, 0.3) is 0 Å². The maximum atomic E-state index is 12.5. The first-order chi connectivity index (χ1) is 9.91. The van der Waals surface area contributed by atoms with E-state index in [4.69, 9.17) is 10.8 Å². The minimum Gasteiger partial charge on any atom is -0.481 e. The molecule has 0 aliphatic carbocycles. The van der Waals surface area contributed by atoms with Crippen LogP contribution in [0.5, 0.6) is 0 Å². The molecule has 1 unspecified atom stereocenters. The number of rotatable bonds is 8. The summed E-state index contributed by atoms with van der Waals surface area (Å²) in [5.74, 6) is -0.678. The first-order valence-electron chi connectivity index (χ1n) is 7.25. The third-order valence-electron chi connectivity index (χ3n) is 3.15. The van der Waals surface area contributed by atoms with Gasteiger partial charge in [-0.3, -0.25) is 9.59 Å². The third kappa shape index (κ3) is 5.95. The second-order valence-corrected chi connectivity index (χ2v) is 5.56. The summed E-state index contributed by atoms with van der Waals surface area (Å²) in [7, 11) is 0. The molecule has 1 atom stereocenters. The van der Waals surface area contributed by atoms with Crippen molar-refractivity contribution in [2.45, 2.75) is 39.2 Å². The Balaban J connectivity index is 2.80. The Morgan fingerprint density at radius 3 is 2.38 bits per heavy atom. The summed E-state index contributed by atoms with van der Waals surface area (Å²) in [5.41, 5.74) is 6.74. The number of nitrogens with zero attached hydrogens (tertiary/aromatic N) is 1. The van der Waals surface area contributed by atoms with Gasteiger partial charge in [0.15, 0.2) is 0 Å². The van der Waals surface area contributed by atoms with E-state index >= 15 is 0 Å². The zero-order chi connectivity index (χ0) is 15.8. The molecular formula is C16H24N2O3. The van der Waals surface area contributed by atoms with Crippen molar-refractivity contribution in [2.75, 3.05) is 11.4 Å². The fourth-order valence-corrected chi connectivity index (χ4v) is 2.17. The molecule has 116 valence electrons. The summed E-state index contributed by atoms with van der Waals surface area (Å²) in [5, 5.41) is 8.74. The van der Waals surface area contributed by atoms with Gasteiger partial charge in [0.1, 0.15) is 0 Å². The highest BCUT2D eigenvalue weighted by Crippen LogP contribution is 2.17. The molecular weight excluding hydrogens is 268 g/mol. The number of benzene rings is 1. The first-order valence-corrected chi connectivity index (χ1v) is 7.25. The standard InChI is InChI=1S/C16H24N2O3/c1-12(2)11-14(17)16(21)18(10-6-9-15(19)20)13-7-4-3-5-8-13/h3-5,7-8,12,14H,6,9-11,17H2,1-2H3,(H,19,20). The Morgan fingerprint density at radius 2 is 1.86 bits per heavy atom. The van der Waals surface area contributed by atoms with E-state index in [1.54, 1.807) is 4.90 Å². The molecule has 3 N–H and O–H groups in total. The molecule has 1 amide bonds. The van der Waals surface area contributed by atoms with Crippen molar-refractivity contribution in [3.05, 3.63) is 30.3 Å². The summed E-state index contributed by atoms with van der Waals surface area (Å²) in [6.07, 6.45) is 1.06. The van der Waals surface area contributed by atoms with Crippen LogP contribution in [0.1, 0.15) is 33.1 Å². The highest BCUT2D eigenvalue weighted by molar-refractivity contribution is 5.97. The molecule has 0 bridgehead atoms. The zero-order valence-electron chi connectivity index (χ0n) is 12.7. The van der Waals surface area contributed by atoms with Crippen LogP contribution in [-0.2, 0) is 9.59 Å². The number of hydrogen-bond acceptors (Lipinski definition) is 3. The maximum absolute atomic E-state index is 12.5. The van der Waals surface area contributed by atoms with Gasteiger partial charge < -0.3 is 15.7 Å². The van der Waals surface area contributed by atoms with E-state index in [9.17, 15) is 9.59 Å². The quantitative estimate of drug-likeness (QED) is 0.769. The van der Waals surface area contributed by atoms with Gasteiger partial charge in [-0.2, -0.15) is 0 Å². The van der Waals surface area contributed by atoms with Crippen molar-refractivity contribution in [3.63, 3.8) is 0 Å². The smallest absolute Gasteiger partial charge is 0.303 e. The molecule has 0 saturated heterocycles. The van der Waals surface area contributed by atoms with E-state index in [2.05, 4.69) is 0 Å². The minimum absolute atomic E-state index is 0.0377. The average molecular weight is 292 g/mol. The van der Waals surface area contributed by atoms with Gasteiger partial charge >= 0.3 is 5.97 Å². The number of hydrogen-bond donors (Lipinski definition) is 2. The summed E-state index contributed by atoms with van der Waals surface area (Å²) < 4.78 is 0. The van der Waals surface area contributed by atoms with Crippen molar-refractivity contribution >= 4 is 17.6 Å². The Labute approximate surface area is 125 Å². The molecule has 1 aromatic carbocycles. The van der Waals surface area contributed by atoms with Crippen LogP contribution in [0.3, 0.4) is 0 Å². The van der Waals surface area contributed by atoms with Gasteiger partial charge in [-0.25, -0.2) is 0 Å². The summed E-state index contributed by atoms with van der Waals surface area (Å²) in [4.78, 5) is 24.7. The highest BCUT2D eigenvalue weighted by Gasteiger charge is 2.23. The number of aliphatic carboxylic acids is 1. The van der Waals surface area contributed by atoms with E-state index in [1.807, 2.05) is 44.2 Å². The monoisotopic (exact) mass is 292 g/mol. The third-order valence-corrected chi connectivity index (χ3v) is 3.15. The molecule has 0 aliphatic heterocycles. The van der Waals surface area contributed by atoms with Gasteiger partial charge in [-0.15, -0.1) is 0 Å². The van der Waals surface area contributed by atoms with Crippen LogP contribution in [0.15, 0.2) is 30.3 Å². The van der Waals surface area contributed by atoms with Crippen molar-refractivity contribution < 1.29 is 14.7 Å². The van der Waals surface area contributed by atoms with Gasteiger partial charge in [-0.1, -0.05) is 32.0 Å². The Bertz CT molecular complexity index is 460. The molecule has 0 radical (unpaired) electrons. The molecule has 0 heterocycles. The van der Waals surface area contributed by atoms with Crippen molar-refractivity contribution in [1.29, 1.82) is 0 Å². The highest BCUT2D eigenvalue weighted by atomic mass is 16.4. The Kier molecular flexibility index (Phi) is 6.88. The summed E-state index contributed by atoms with van der Waals surface area (Å²) in [6.45, 7) is 4.40. The number of anilines is 1. The Hall–Kier alpha value is -1.88. The van der Waals surface area contributed by atoms with E-state index in [0.717, 1.165) is 5.69 Å². The number of para-hydroxylation sites is 1. The number of amides is 1. The van der Waals surface area contributed by atoms with Crippen LogP contribution >= 0.6 is 0 Å². The van der Waals surface area contributed by atoms with Crippen LogP contribution in [0.25, 0.3) is 0 Å². The number of carboxylic acids is 1. The number of nitrogens with two attached hydrogens (primary N) is 1. The minimum atomic E-state index is -0.859. The Morgan fingerprint density at radius 1 is 1.24 bits per heavy atom. The topological polar surface area (TPSA) is 83.6 Å². The van der Waals surface area contributed by atoms with Crippen molar-refractivity contribution in [3.8, 4) is 0 Å². The zero-order valence-corrected chi connectivity index (χ0v) is 12.7. The lowest BCUT2D eigenvalue weighted by atomic mass is 10.0. The molecule has 0 fully saturated rings. The fourth-order valence-electron chi connectivity index (χ4n) is 2.17. The van der Waals surface area contributed by atoms with E-state index in [0.29, 0.717) is 25.3 Å². The van der Waals surface area contributed by atoms with Crippen LogP contribution in [0.4, 0.5) is 5.69 Å². The van der Waals surface area contributed by atoms with Gasteiger partial charge in [0.05, 0.1) is 6.04 Å². The van der Waals surface area contributed by atoms with Crippen LogP contribution in [-0.4, -0.2) is 29.6 Å². The first kappa shape index (κ1) is 17.2. The number of carbonyl (C=O) groups is 2. The van der Waals surface area contributed by atoms with E-state index in [1.165, 1.54) is 0 Å². The average Bonchev–Trinajstić information content (AvgIpc) is 2.43. The SMILES string of the molecule is CC(C)CC(N)C(=O)N(CCCC(=O)O)c1ccccc1. The van der Waals surface area contributed by atoms with Crippen LogP contribution in [0.2, 0.25) is 0 Å². The molecule has 5 heteroatoms. The predicted octanol–water partition coefficient (Wildman–Crippen LogP) is 2.26. The van der Waals surface area contributed by atoms with E-state index < -0.39 is 12.0 Å². The maximum Gasteiger partial charge on any atom is 0.303 e. The molecule has 0 aromatic heterocycles. The predicted molar refractivity (Wildman–Crippen MR) is 83.1 cm³/mol. The van der Waals surface area contributed by atoms with Crippen molar-refractivity contribution in [1.82, 2.24) is 0 Å². The fraction of sp³-hybridized carbons (Fsp3) is 0.500. The lowest BCUT2D eigenvalue weighted by molar-refractivity contribution is -0.137. The molecule has 0 aliphatic rings. The summed E-state index contributed by atoms with van der Waals surface area (Å²) in [6, 6.07) is 8.68. The number of carboxylic acid groups (broad SMARTS) is 1. The molecule has 1 rings (SSSR count). The van der Waals surface area contributed by atoms with Gasteiger partial charge in [0.2, 0.25) is 5.91 Å². The lowest BCUT2D eigenvalue weighted by Gasteiger charge is -2.26. The second kappa shape index (κ2) is 8.42. The molecule has 21 heavy (non-hydrogen) atoms. The normalized spacial score (nSPS) is 12.2. The van der Waals surface area contributed by atoms with Crippen molar-refractivity contribution in [2.24, 2.45) is 11.7 Å². The van der Waals surface area contributed by atoms with Gasteiger partial charge in [0, 0.05) is 18.7 Å². The second-order valence-electron chi connectivity index (χ2n) is 5.56. The lowest BCUT2D eigenvalue weighted by Crippen LogP contribution is -2.45.